The Kier molecular flexibility index (Phi) is 4.05. The second-order valence-electron chi connectivity index (χ2n) is 7.63. The van der Waals surface area contributed by atoms with Gasteiger partial charge in [0.05, 0.1) is 22.9 Å². The van der Waals surface area contributed by atoms with Crippen molar-refractivity contribution < 1.29 is 9.31 Å². The molecule has 3 rings (SSSR count). The Hall–Kier alpha value is -1.33. The smallest absolute Gasteiger partial charge is 0.399 e. The third-order valence-corrected chi connectivity index (χ3v) is 5.27. The molecule has 5 heteroatoms. The number of rotatable bonds is 4. The summed E-state index contributed by atoms with van der Waals surface area (Å²) in [4.78, 5) is 0. The average Bonchev–Trinajstić information content (AvgIpc) is 2.97. The van der Waals surface area contributed by atoms with Gasteiger partial charge in [-0.2, -0.15) is 5.10 Å². The lowest BCUT2D eigenvalue weighted by Crippen LogP contribution is -2.41. The van der Waals surface area contributed by atoms with Crippen LogP contribution in [0.2, 0.25) is 0 Å². The van der Waals surface area contributed by atoms with Crippen LogP contribution in [0.4, 0.5) is 0 Å². The molecular weight excluding hydrogens is 287 g/mol. The molecule has 1 fully saturated rings. The molecule has 4 nitrogen and oxygen atoms in total. The molecule has 0 radical (unpaired) electrons. The van der Waals surface area contributed by atoms with Crippen molar-refractivity contribution in [2.45, 2.75) is 71.6 Å². The van der Waals surface area contributed by atoms with Crippen LogP contribution in [0.5, 0.6) is 0 Å². The molecule has 1 aromatic carbocycles. The predicted molar refractivity (Wildman–Crippen MR) is 95.1 cm³/mol. The summed E-state index contributed by atoms with van der Waals surface area (Å²) in [6.45, 7) is 12.7. The maximum Gasteiger partial charge on any atom is 0.494 e. The van der Waals surface area contributed by atoms with Crippen LogP contribution < -0.4 is 5.46 Å². The second kappa shape index (κ2) is 5.64. The quantitative estimate of drug-likeness (QED) is 0.808. The Bertz CT molecular complexity index is 692. The molecule has 124 valence electrons. The van der Waals surface area contributed by atoms with Crippen LogP contribution in [0.3, 0.4) is 0 Å². The molecule has 0 N–H and O–H groups in total. The van der Waals surface area contributed by atoms with Crippen molar-refractivity contribution in [3.63, 3.8) is 0 Å². The summed E-state index contributed by atoms with van der Waals surface area (Å²) in [6, 6.07) is 6.79. The minimum Gasteiger partial charge on any atom is -0.399 e. The van der Waals surface area contributed by atoms with E-state index in [2.05, 4.69) is 69.5 Å². The van der Waals surface area contributed by atoms with E-state index in [1.807, 2.05) is 6.20 Å². The first kappa shape index (κ1) is 16.5. The number of hydrogen-bond acceptors (Lipinski definition) is 3. The summed E-state index contributed by atoms with van der Waals surface area (Å²) in [5.41, 5.74) is 1.60. The highest BCUT2D eigenvalue weighted by Crippen LogP contribution is 2.36. The van der Waals surface area contributed by atoms with E-state index in [9.17, 15) is 0 Å². The predicted octanol–water partition coefficient (Wildman–Crippen LogP) is 3.70. The minimum atomic E-state index is -0.319. The maximum absolute atomic E-state index is 6.14. The fraction of sp³-hybridized carbons (Fsp3) is 0.611. The van der Waals surface area contributed by atoms with Gasteiger partial charge in [0.1, 0.15) is 0 Å². The molecule has 0 spiro atoms. The fourth-order valence-electron chi connectivity index (χ4n) is 3.09. The summed E-state index contributed by atoms with van der Waals surface area (Å²) in [6.07, 6.45) is 4.24. The van der Waals surface area contributed by atoms with Crippen LogP contribution in [-0.2, 0) is 9.31 Å². The first-order valence-corrected chi connectivity index (χ1v) is 8.58. The van der Waals surface area contributed by atoms with E-state index >= 15 is 0 Å². The van der Waals surface area contributed by atoms with Crippen LogP contribution in [0, 0.1) is 0 Å². The van der Waals surface area contributed by atoms with E-state index in [4.69, 9.17) is 9.31 Å². The Morgan fingerprint density at radius 2 is 1.83 bits per heavy atom. The summed E-state index contributed by atoms with van der Waals surface area (Å²) in [5.74, 6) is 0. The van der Waals surface area contributed by atoms with Crippen LogP contribution in [0.25, 0.3) is 10.9 Å². The molecule has 2 aromatic rings. The molecule has 1 aromatic heterocycles. The van der Waals surface area contributed by atoms with Crippen molar-refractivity contribution in [1.29, 1.82) is 0 Å². The topological polar surface area (TPSA) is 36.3 Å². The van der Waals surface area contributed by atoms with Crippen molar-refractivity contribution in [3.8, 4) is 0 Å². The first-order valence-electron chi connectivity index (χ1n) is 8.58. The zero-order valence-corrected chi connectivity index (χ0v) is 15.1. The summed E-state index contributed by atoms with van der Waals surface area (Å²) < 4.78 is 14.4. The van der Waals surface area contributed by atoms with E-state index in [-0.39, 0.29) is 18.3 Å². The van der Waals surface area contributed by atoms with Crippen LogP contribution in [-0.4, -0.2) is 28.1 Å². The van der Waals surface area contributed by atoms with Crippen LogP contribution in [0.15, 0.2) is 24.4 Å². The van der Waals surface area contributed by atoms with Gasteiger partial charge >= 0.3 is 7.12 Å². The zero-order valence-electron chi connectivity index (χ0n) is 15.1. The Balaban J connectivity index is 1.91. The van der Waals surface area contributed by atoms with Crippen molar-refractivity contribution in [2.75, 3.05) is 0 Å². The van der Waals surface area contributed by atoms with E-state index in [0.717, 1.165) is 23.7 Å². The molecule has 1 saturated heterocycles. The van der Waals surface area contributed by atoms with Gasteiger partial charge in [-0.05, 0) is 52.6 Å². The van der Waals surface area contributed by atoms with Crippen molar-refractivity contribution in [3.05, 3.63) is 24.4 Å². The fourth-order valence-corrected chi connectivity index (χ4v) is 3.09. The van der Waals surface area contributed by atoms with Gasteiger partial charge in [-0.1, -0.05) is 25.5 Å². The van der Waals surface area contributed by atoms with Gasteiger partial charge in [0.2, 0.25) is 0 Å². The third-order valence-electron chi connectivity index (χ3n) is 5.27. The van der Waals surface area contributed by atoms with Crippen molar-refractivity contribution >= 4 is 23.5 Å². The average molecular weight is 314 g/mol. The highest BCUT2D eigenvalue weighted by Gasteiger charge is 2.51. The molecule has 1 unspecified atom stereocenters. The highest BCUT2D eigenvalue weighted by molar-refractivity contribution is 6.62. The molecule has 0 bridgehead atoms. The van der Waals surface area contributed by atoms with E-state index in [0.29, 0.717) is 6.04 Å². The number of nitrogens with zero attached hydrogens (tertiary/aromatic N) is 2. The van der Waals surface area contributed by atoms with Gasteiger partial charge in [-0.25, -0.2) is 0 Å². The van der Waals surface area contributed by atoms with Crippen molar-refractivity contribution in [1.82, 2.24) is 9.78 Å². The molecule has 23 heavy (non-hydrogen) atoms. The lowest BCUT2D eigenvalue weighted by molar-refractivity contribution is 0.00578. The molecule has 2 heterocycles. The van der Waals surface area contributed by atoms with Gasteiger partial charge in [0.25, 0.3) is 0 Å². The van der Waals surface area contributed by atoms with Crippen molar-refractivity contribution in [2.24, 2.45) is 0 Å². The van der Waals surface area contributed by atoms with Gasteiger partial charge in [0.15, 0.2) is 0 Å². The molecule has 0 aliphatic carbocycles. The van der Waals surface area contributed by atoms with Gasteiger partial charge in [0, 0.05) is 11.4 Å². The van der Waals surface area contributed by atoms with E-state index in [1.165, 1.54) is 5.52 Å². The molecule has 0 saturated carbocycles. The van der Waals surface area contributed by atoms with Gasteiger partial charge in [-0.3, -0.25) is 4.68 Å². The second-order valence-corrected chi connectivity index (χ2v) is 7.63. The Morgan fingerprint density at radius 3 is 2.43 bits per heavy atom. The summed E-state index contributed by atoms with van der Waals surface area (Å²) in [7, 11) is -0.319. The molecule has 1 aliphatic rings. The lowest BCUT2D eigenvalue weighted by atomic mass is 9.79. The Labute approximate surface area is 139 Å². The minimum absolute atomic E-state index is 0.313. The largest absolute Gasteiger partial charge is 0.494 e. The highest BCUT2D eigenvalue weighted by atomic mass is 16.7. The summed E-state index contributed by atoms with van der Waals surface area (Å²) in [5, 5.41) is 5.71. The number of benzene rings is 1. The molecule has 0 amide bonds. The van der Waals surface area contributed by atoms with E-state index in [1.54, 1.807) is 0 Å². The molecular formula is C18H27BN2O2. The zero-order chi connectivity index (χ0) is 16.8. The van der Waals surface area contributed by atoms with Crippen LogP contribution in [0.1, 0.15) is 60.4 Å². The van der Waals surface area contributed by atoms with Gasteiger partial charge < -0.3 is 9.31 Å². The SMILES string of the molecule is CCCC(C)n1ncc2cc(B3OC(C)(C)C(C)(C)O3)ccc21. The molecule has 1 atom stereocenters. The Morgan fingerprint density at radius 1 is 1.17 bits per heavy atom. The molecule has 1 aliphatic heterocycles. The van der Waals surface area contributed by atoms with E-state index < -0.39 is 0 Å². The number of aromatic nitrogens is 2. The monoisotopic (exact) mass is 314 g/mol. The number of fused-ring (bicyclic) bond motifs is 1. The third kappa shape index (κ3) is 2.81. The normalized spacial score (nSPS) is 21.0. The standard InChI is InChI=1S/C18H27BN2O2/c1-7-8-13(2)21-16-10-9-15(11-14(16)12-20-21)19-22-17(3,4)18(5,6)23-19/h9-13H,7-8H2,1-6H3. The summed E-state index contributed by atoms with van der Waals surface area (Å²) >= 11 is 0. The van der Waals surface area contributed by atoms with Gasteiger partial charge in [-0.15, -0.1) is 0 Å². The van der Waals surface area contributed by atoms with Crippen LogP contribution >= 0.6 is 0 Å². The first-order chi connectivity index (χ1) is 10.7. The lowest BCUT2D eigenvalue weighted by Gasteiger charge is -2.32. The maximum atomic E-state index is 6.14. The number of hydrogen-bond donors (Lipinski definition) is 0.